The Kier molecular flexibility index (Phi) is 4.57. The lowest BCUT2D eigenvalue weighted by Crippen LogP contribution is -2.14. The maximum atomic E-state index is 12.5. The van der Waals surface area contributed by atoms with E-state index in [9.17, 15) is 9.59 Å². The Morgan fingerprint density at radius 2 is 1.62 bits per heavy atom. The highest BCUT2D eigenvalue weighted by atomic mass is 16.2. The van der Waals surface area contributed by atoms with E-state index >= 15 is 0 Å². The van der Waals surface area contributed by atoms with Crippen LogP contribution in [-0.4, -0.2) is 31.4 Å². The van der Waals surface area contributed by atoms with Gasteiger partial charge in [-0.2, -0.15) is 10.2 Å². The Bertz CT molecular complexity index is 971. The van der Waals surface area contributed by atoms with E-state index in [0.717, 1.165) is 11.4 Å². The van der Waals surface area contributed by atoms with Crippen molar-refractivity contribution in [2.45, 2.75) is 13.8 Å². The zero-order valence-electron chi connectivity index (χ0n) is 15.1. The molecule has 26 heavy (non-hydrogen) atoms. The summed E-state index contributed by atoms with van der Waals surface area (Å²) in [6, 6.07) is 10.4. The van der Waals surface area contributed by atoms with E-state index in [0.29, 0.717) is 17.1 Å². The van der Waals surface area contributed by atoms with Crippen molar-refractivity contribution in [3.63, 3.8) is 0 Å². The number of nitrogens with one attached hydrogen (secondary N) is 2. The van der Waals surface area contributed by atoms with Crippen LogP contribution in [0.5, 0.6) is 0 Å². The highest BCUT2D eigenvalue weighted by Crippen LogP contribution is 2.20. The van der Waals surface area contributed by atoms with Crippen LogP contribution in [0.2, 0.25) is 0 Å². The molecule has 8 nitrogen and oxygen atoms in total. The third-order valence-corrected chi connectivity index (χ3v) is 4.14. The molecule has 0 aliphatic rings. The molecule has 0 saturated heterocycles. The van der Waals surface area contributed by atoms with Gasteiger partial charge in [-0.25, -0.2) is 0 Å². The number of nitrogens with zero attached hydrogens (tertiary/aromatic N) is 4. The van der Waals surface area contributed by atoms with Crippen molar-refractivity contribution in [3.05, 3.63) is 59.0 Å². The van der Waals surface area contributed by atoms with E-state index in [-0.39, 0.29) is 17.5 Å². The average Bonchev–Trinajstić information content (AvgIpc) is 3.10. The predicted octanol–water partition coefficient (Wildman–Crippen LogP) is 2.28. The lowest BCUT2D eigenvalue weighted by Gasteiger charge is -2.04. The number of aryl methyl sites for hydroxylation is 3. The molecule has 0 spiro atoms. The first-order valence-corrected chi connectivity index (χ1v) is 8.09. The highest BCUT2D eigenvalue weighted by Gasteiger charge is 2.18. The Morgan fingerprint density at radius 3 is 2.23 bits per heavy atom. The molecular formula is C18H20N6O2. The summed E-state index contributed by atoms with van der Waals surface area (Å²) in [5, 5.41) is 14.0. The molecule has 0 bridgehead atoms. The molecule has 0 atom stereocenters. The first-order valence-electron chi connectivity index (χ1n) is 8.09. The molecule has 134 valence electrons. The van der Waals surface area contributed by atoms with E-state index in [1.807, 2.05) is 27.0 Å². The van der Waals surface area contributed by atoms with E-state index in [1.165, 1.54) is 10.7 Å². The minimum atomic E-state index is -0.361. The molecule has 2 amide bonds. The molecule has 3 aromatic rings. The summed E-state index contributed by atoms with van der Waals surface area (Å²) < 4.78 is 3.16. The zero-order valence-corrected chi connectivity index (χ0v) is 15.1. The van der Waals surface area contributed by atoms with E-state index in [1.54, 1.807) is 36.0 Å². The van der Waals surface area contributed by atoms with Crippen LogP contribution in [0.1, 0.15) is 32.2 Å². The van der Waals surface area contributed by atoms with Gasteiger partial charge < -0.3 is 10.6 Å². The van der Waals surface area contributed by atoms with Crippen LogP contribution < -0.4 is 10.6 Å². The Hall–Kier alpha value is -3.42. The number of carbonyl (C=O) groups is 2. The number of carbonyl (C=O) groups excluding carboxylic acids is 2. The number of rotatable bonds is 4. The fourth-order valence-electron chi connectivity index (χ4n) is 2.61. The first kappa shape index (κ1) is 17.4. The Labute approximate surface area is 150 Å². The van der Waals surface area contributed by atoms with Crippen LogP contribution >= 0.6 is 0 Å². The van der Waals surface area contributed by atoms with Crippen molar-refractivity contribution >= 4 is 23.3 Å². The van der Waals surface area contributed by atoms with E-state index < -0.39 is 0 Å². The summed E-state index contributed by atoms with van der Waals surface area (Å²) in [6.45, 7) is 3.70. The zero-order chi connectivity index (χ0) is 18.8. The van der Waals surface area contributed by atoms with Crippen molar-refractivity contribution in [2.75, 3.05) is 10.6 Å². The lowest BCUT2D eigenvalue weighted by molar-refractivity contribution is 0.101. The summed E-state index contributed by atoms with van der Waals surface area (Å²) >= 11 is 0. The van der Waals surface area contributed by atoms with Crippen molar-refractivity contribution in [1.29, 1.82) is 0 Å². The fraction of sp³-hybridized carbons (Fsp3) is 0.222. The minimum Gasteiger partial charge on any atom is -0.317 e. The van der Waals surface area contributed by atoms with Crippen LogP contribution in [0.3, 0.4) is 0 Å². The summed E-state index contributed by atoms with van der Waals surface area (Å²) in [5.41, 5.74) is 2.98. The van der Waals surface area contributed by atoms with Gasteiger partial charge in [-0.1, -0.05) is 18.2 Å². The second kappa shape index (κ2) is 6.83. The average molecular weight is 352 g/mol. The molecule has 0 unspecified atom stereocenters. The van der Waals surface area contributed by atoms with Gasteiger partial charge in [-0.3, -0.25) is 19.0 Å². The molecule has 8 heteroatoms. The monoisotopic (exact) mass is 352 g/mol. The molecule has 0 saturated carbocycles. The van der Waals surface area contributed by atoms with Crippen LogP contribution in [0.25, 0.3) is 0 Å². The van der Waals surface area contributed by atoms with Gasteiger partial charge in [-0.15, -0.1) is 0 Å². The second-order valence-electron chi connectivity index (χ2n) is 5.98. The van der Waals surface area contributed by atoms with Crippen LogP contribution in [-0.2, 0) is 14.1 Å². The molecule has 2 heterocycles. The molecule has 0 fully saturated rings. The number of hydrogen-bond donors (Lipinski definition) is 2. The Balaban J connectivity index is 1.77. The molecule has 3 rings (SSSR count). The van der Waals surface area contributed by atoms with Crippen molar-refractivity contribution < 1.29 is 9.59 Å². The fourth-order valence-corrected chi connectivity index (χ4v) is 2.61. The number of amides is 2. The molecular weight excluding hydrogens is 332 g/mol. The van der Waals surface area contributed by atoms with Gasteiger partial charge in [0.1, 0.15) is 5.82 Å². The molecule has 1 aromatic carbocycles. The normalized spacial score (nSPS) is 10.6. The summed E-state index contributed by atoms with van der Waals surface area (Å²) in [5.74, 6) is -0.192. The third kappa shape index (κ3) is 3.34. The second-order valence-corrected chi connectivity index (χ2v) is 5.98. The maximum Gasteiger partial charge on any atom is 0.276 e. The SMILES string of the molecule is Cc1nn(C)c(C)c1NC(=O)c1cc(NC(=O)c2ccccc2)n(C)n1. The van der Waals surface area contributed by atoms with Gasteiger partial charge >= 0.3 is 0 Å². The largest absolute Gasteiger partial charge is 0.317 e. The third-order valence-electron chi connectivity index (χ3n) is 4.14. The lowest BCUT2D eigenvalue weighted by atomic mass is 10.2. The van der Waals surface area contributed by atoms with Gasteiger partial charge in [-0.05, 0) is 26.0 Å². The Morgan fingerprint density at radius 1 is 0.923 bits per heavy atom. The first-order chi connectivity index (χ1) is 12.4. The summed E-state index contributed by atoms with van der Waals surface area (Å²) in [4.78, 5) is 24.8. The quantitative estimate of drug-likeness (QED) is 0.753. The van der Waals surface area contributed by atoms with Gasteiger partial charge in [0.05, 0.1) is 17.1 Å². The molecule has 2 N–H and O–H groups in total. The van der Waals surface area contributed by atoms with E-state index in [4.69, 9.17) is 0 Å². The smallest absolute Gasteiger partial charge is 0.276 e. The number of aromatic nitrogens is 4. The molecule has 0 aliphatic carbocycles. The van der Waals surface area contributed by atoms with Crippen LogP contribution in [0, 0.1) is 13.8 Å². The molecule has 2 aromatic heterocycles. The maximum absolute atomic E-state index is 12.5. The number of anilines is 2. The van der Waals surface area contributed by atoms with Crippen molar-refractivity contribution in [2.24, 2.45) is 14.1 Å². The van der Waals surface area contributed by atoms with Gasteiger partial charge in [0, 0.05) is 25.7 Å². The topological polar surface area (TPSA) is 93.8 Å². The summed E-state index contributed by atoms with van der Waals surface area (Å²) in [6.07, 6.45) is 0. The minimum absolute atomic E-state index is 0.207. The van der Waals surface area contributed by atoms with Gasteiger partial charge in [0.15, 0.2) is 5.69 Å². The summed E-state index contributed by atoms with van der Waals surface area (Å²) in [7, 11) is 3.48. The number of hydrogen-bond acceptors (Lipinski definition) is 4. The highest BCUT2D eigenvalue weighted by molar-refractivity contribution is 6.06. The number of benzene rings is 1. The van der Waals surface area contributed by atoms with Gasteiger partial charge in [0.25, 0.3) is 11.8 Å². The van der Waals surface area contributed by atoms with Crippen molar-refractivity contribution in [3.8, 4) is 0 Å². The van der Waals surface area contributed by atoms with Crippen LogP contribution in [0.15, 0.2) is 36.4 Å². The molecule has 0 radical (unpaired) electrons. The van der Waals surface area contributed by atoms with Crippen LogP contribution in [0.4, 0.5) is 11.5 Å². The van der Waals surface area contributed by atoms with Crippen molar-refractivity contribution in [1.82, 2.24) is 19.6 Å². The van der Waals surface area contributed by atoms with E-state index in [2.05, 4.69) is 20.8 Å². The molecule has 0 aliphatic heterocycles. The van der Waals surface area contributed by atoms with Gasteiger partial charge in [0.2, 0.25) is 0 Å². The predicted molar refractivity (Wildman–Crippen MR) is 98.2 cm³/mol. The standard InChI is InChI=1S/C18H20N6O2/c1-11-16(12(2)23(3)21-11)20-18(26)14-10-15(24(4)22-14)19-17(25)13-8-6-5-7-9-13/h5-10H,1-4H3,(H,19,25)(H,20,26).